The lowest BCUT2D eigenvalue weighted by Crippen LogP contribution is -2.10. The zero-order valence-corrected chi connectivity index (χ0v) is 11.9. The van der Waals surface area contributed by atoms with E-state index in [2.05, 4.69) is 20.8 Å². The molecule has 0 saturated heterocycles. The first-order chi connectivity index (χ1) is 8.70. The minimum absolute atomic E-state index is 0.0761. The lowest BCUT2D eigenvalue weighted by Gasteiger charge is -2.18. The minimum Gasteiger partial charge on any atom is -0.481 e. The molecule has 0 spiro atoms. The second-order valence-electron chi connectivity index (χ2n) is 5.67. The quantitative estimate of drug-likeness (QED) is 0.844. The zero-order valence-electron chi connectivity index (χ0n) is 11.9. The summed E-state index contributed by atoms with van der Waals surface area (Å²) in [6.07, 6.45) is 1.40. The third-order valence-electron chi connectivity index (χ3n) is 2.91. The van der Waals surface area contributed by atoms with Crippen molar-refractivity contribution in [3.8, 4) is 0 Å². The maximum atomic E-state index is 11.4. The number of carbonyl (C=O) groups is 2. The fourth-order valence-corrected chi connectivity index (χ4v) is 1.72. The van der Waals surface area contributed by atoms with Crippen molar-refractivity contribution < 1.29 is 14.7 Å². The van der Waals surface area contributed by atoms with Crippen LogP contribution in [0.2, 0.25) is 0 Å². The number of carbonyl (C=O) groups excluding carboxylic acids is 1. The van der Waals surface area contributed by atoms with E-state index in [0.29, 0.717) is 5.57 Å². The molecule has 1 rings (SSSR count). The highest BCUT2D eigenvalue weighted by Gasteiger charge is 2.13. The molecular weight excluding hydrogens is 240 g/mol. The molecule has 0 saturated carbocycles. The van der Waals surface area contributed by atoms with Gasteiger partial charge in [0.1, 0.15) is 0 Å². The van der Waals surface area contributed by atoms with Crippen molar-refractivity contribution in [2.45, 2.75) is 39.5 Å². The van der Waals surface area contributed by atoms with Gasteiger partial charge in [-0.3, -0.25) is 9.59 Å². The van der Waals surface area contributed by atoms with Crippen LogP contribution in [0.15, 0.2) is 29.8 Å². The van der Waals surface area contributed by atoms with Crippen LogP contribution in [0, 0.1) is 0 Å². The summed E-state index contributed by atoms with van der Waals surface area (Å²) < 4.78 is 0. The van der Waals surface area contributed by atoms with E-state index in [1.54, 1.807) is 6.08 Å². The van der Waals surface area contributed by atoms with Gasteiger partial charge in [0, 0.05) is 5.57 Å². The predicted molar refractivity (Wildman–Crippen MR) is 76.1 cm³/mol. The Hall–Kier alpha value is -1.90. The molecular formula is C16H20O3. The molecule has 3 nitrogen and oxygen atoms in total. The molecule has 0 atom stereocenters. The molecule has 3 heteroatoms. The Labute approximate surface area is 114 Å². The first-order valence-corrected chi connectivity index (χ1v) is 6.24. The van der Waals surface area contributed by atoms with Crippen LogP contribution < -0.4 is 0 Å². The van der Waals surface area contributed by atoms with Gasteiger partial charge in [0.05, 0.1) is 6.42 Å². The van der Waals surface area contributed by atoms with Gasteiger partial charge in [-0.25, -0.2) is 0 Å². The number of rotatable bonds is 4. The van der Waals surface area contributed by atoms with Crippen molar-refractivity contribution in [3.63, 3.8) is 0 Å². The number of carboxylic acids is 1. The molecule has 1 aromatic carbocycles. The standard InChI is InChI=1S/C16H20O3/c1-11(17)13(10-15(18)19)9-12-5-7-14(8-6-12)16(2,3)4/h5-9H,10H2,1-4H3,(H,18,19)/b13-9+. The summed E-state index contributed by atoms with van der Waals surface area (Å²) in [6, 6.07) is 7.82. The molecule has 0 radical (unpaired) electrons. The molecule has 0 amide bonds. The van der Waals surface area contributed by atoms with Crippen LogP contribution in [0.5, 0.6) is 0 Å². The summed E-state index contributed by atoms with van der Waals surface area (Å²) in [5.41, 5.74) is 2.44. The van der Waals surface area contributed by atoms with E-state index in [-0.39, 0.29) is 17.6 Å². The van der Waals surface area contributed by atoms with Gasteiger partial charge in [-0.15, -0.1) is 0 Å². The Kier molecular flexibility index (Phi) is 4.65. The largest absolute Gasteiger partial charge is 0.481 e. The monoisotopic (exact) mass is 260 g/mol. The molecule has 0 unspecified atom stereocenters. The number of aliphatic carboxylic acids is 1. The molecule has 0 heterocycles. The molecule has 19 heavy (non-hydrogen) atoms. The van der Waals surface area contributed by atoms with Crippen LogP contribution in [0.4, 0.5) is 0 Å². The zero-order chi connectivity index (χ0) is 14.6. The van der Waals surface area contributed by atoms with Gasteiger partial charge in [-0.1, -0.05) is 45.0 Å². The maximum Gasteiger partial charge on any atom is 0.307 e. The lowest BCUT2D eigenvalue weighted by molar-refractivity contribution is -0.136. The van der Waals surface area contributed by atoms with Gasteiger partial charge in [-0.05, 0) is 29.5 Å². The molecule has 0 bridgehead atoms. The van der Waals surface area contributed by atoms with Crippen molar-refractivity contribution in [1.29, 1.82) is 0 Å². The summed E-state index contributed by atoms with van der Waals surface area (Å²) >= 11 is 0. The van der Waals surface area contributed by atoms with Gasteiger partial charge in [-0.2, -0.15) is 0 Å². The molecule has 0 aliphatic rings. The maximum absolute atomic E-state index is 11.4. The molecule has 0 fully saturated rings. The SMILES string of the molecule is CC(=O)/C(=C/c1ccc(C(C)(C)C)cc1)CC(=O)O. The topological polar surface area (TPSA) is 54.4 Å². The second-order valence-corrected chi connectivity index (χ2v) is 5.67. The molecule has 1 N–H and O–H groups in total. The van der Waals surface area contributed by atoms with E-state index < -0.39 is 5.97 Å². The molecule has 1 aromatic rings. The van der Waals surface area contributed by atoms with E-state index in [0.717, 1.165) is 5.56 Å². The highest BCUT2D eigenvalue weighted by molar-refractivity contribution is 6.01. The molecule has 102 valence electrons. The van der Waals surface area contributed by atoms with Crippen LogP contribution in [-0.4, -0.2) is 16.9 Å². The van der Waals surface area contributed by atoms with Gasteiger partial charge >= 0.3 is 5.97 Å². The van der Waals surface area contributed by atoms with Crippen LogP contribution in [0.1, 0.15) is 45.2 Å². The van der Waals surface area contributed by atoms with Crippen LogP contribution in [-0.2, 0) is 15.0 Å². The minimum atomic E-state index is -0.993. The number of carboxylic acid groups (broad SMARTS) is 1. The summed E-state index contributed by atoms with van der Waals surface area (Å²) in [6.45, 7) is 7.77. The smallest absolute Gasteiger partial charge is 0.307 e. The highest BCUT2D eigenvalue weighted by Crippen LogP contribution is 2.23. The summed E-state index contributed by atoms with van der Waals surface area (Å²) in [5, 5.41) is 8.77. The summed E-state index contributed by atoms with van der Waals surface area (Å²) in [5.74, 6) is -1.20. The van der Waals surface area contributed by atoms with Gasteiger partial charge in [0.25, 0.3) is 0 Å². The van der Waals surface area contributed by atoms with E-state index in [1.165, 1.54) is 12.5 Å². The Morgan fingerprint density at radius 2 is 1.68 bits per heavy atom. The summed E-state index contributed by atoms with van der Waals surface area (Å²) in [7, 11) is 0. The average molecular weight is 260 g/mol. The average Bonchev–Trinajstić information content (AvgIpc) is 2.27. The molecule has 0 aliphatic heterocycles. The van der Waals surface area contributed by atoms with Crippen molar-refractivity contribution >= 4 is 17.8 Å². The van der Waals surface area contributed by atoms with E-state index in [1.807, 2.05) is 24.3 Å². The van der Waals surface area contributed by atoms with E-state index >= 15 is 0 Å². The molecule has 0 aromatic heterocycles. The number of hydrogen-bond donors (Lipinski definition) is 1. The van der Waals surface area contributed by atoms with Crippen molar-refractivity contribution in [1.82, 2.24) is 0 Å². The predicted octanol–water partition coefficient (Wildman–Crippen LogP) is 3.43. The Bertz CT molecular complexity index is 502. The number of Topliss-reactive ketones (excluding diaryl/α,β-unsaturated/α-hetero) is 1. The van der Waals surface area contributed by atoms with E-state index in [4.69, 9.17) is 5.11 Å². The normalized spacial score (nSPS) is 12.3. The molecule has 0 aliphatic carbocycles. The third kappa shape index (κ3) is 4.70. The first kappa shape index (κ1) is 15.2. The fourth-order valence-electron chi connectivity index (χ4n) is 1.72. The third-order valence-corrected chi connectivity index (χ3v) is 2.91. The van der Waals surface area contributed by atoms with Gasteiger partial charge in [0.2, 0.25) is 0 Å². The van der Waals surface area contributed by atoms with Gasteiger partial charge in [0.15, 0.2) is 5.78 Å². The Morgan fingerprint density at radius 1 is 1.16 bits per heavy atom. The fraction of sp³-hybridized carbons (Fsp3) is 0.375. The number of hydrogen-bond acceptors (Lipinski definition) is 2. The van der Waals surface area contributed by atoms with Crippen LogP contribution >= 0.6 is 0 Å². The van der Waals surface area contributed by atoms with Crippen LogP contribution in [0.3, 0.4) is 0 Å². The number of benzene rings is 1. The second kappa shape index (κ2) is 5.83. The van der Waals surface area contributed by atoms with Crippen molar-refractivity contribution in [2.24, 2.45) is 0 Å². The van der Waals surface area contributed by atoms with Crippen molar-refractivity contribution in [2.75, 3.05) is 0 Å². The van der Waals surface area contributed by atoms with E-state index in [9.17, 15) is 9.59 Å². The van der Waals surface area contributed by atoms with Gasteiger partial charge < -0.3 is 5.11 Å². The highest BCUT2D eigenvalue weighted by atomic mass is 16.4. The Morgan fingerprint density at radius 3 is 2.05 bits per heavy atom. The van der Waals surface area contributed by atoms with Crippen LogP contribution in [0.25, 0.3) is 6.08 Å². The Balaban J connectivity index is 3.03. The first-order valence-electron chi connectivity index (χ1n) is 6.24. The summed E-state index contributed by atoms with van der Waals surface area (Å²) in [4.78, 5) is 22.1. The van der Waals surface area contributed by atoms with Crippen molar-refractivity contribution in [3.05, 3.63) is 41.0 Å². The number of ketones is 1. The lowest BCUT2D eigenvalue weighted by atomic mass is 9.86.